The molecule has 0 aliphatic carbocycles. The molecule has 66 heavy (non-hydrogen) atoms. The van der Waals surface area contributed by atoms with Gasteiger partial charge >= 0.3 is 0 Å². The smallest absolute Gasteiger partial charge is 0.254 e. The Bertz CT molecular complexity index is 2750. The highest BCUT2D eigenvalue weighted by Gasteiger charge is 2.30. The van der Waals surface area contributed by atoms with Crippen LogP contribution in [0.5, 0.6) is 5.75 Å². The third-order valence-electron chi connectivity index (χ3n) is 14.6. The summed E-state index contributed by atoms with van der Waals surface area (Å²) in [6.45, 7) is 8.86. The molecule has 342 valence electrons. The number of likely N-dealkylation sites (tertiary alicyclic amines) is 2. The number of carbonyl (C=O) groups excluding carboxylic acids is 3. The molecule has 0 saturated carbocycles. The molecule has 0 spiro atoms. The number of carbonyl (C=O) groups is 3. The van der Waals surface area contributed by atoms with Gasteiger partial charge in [-0.1, -0.05) is 18.2 Å². The molecule has 4 aliphatic heterocycles. The first kappa shape index (κ1) is 43.3. The quantitative estimate of drug-likeness (QED) is 0.120. The Morgan fingerprint density at radius 1 is 0.879 bits per heavy atom. The minimum Gasteiger partial charge on any atom is -0.495 e. The second-order valence-electron chi connectivity index (χ2n) is 18.5. The van der Waals surface area contributed by atoms with Crippen LogP contribution in [-0.2, 0) is 36.3 Å². The van der Waals surface area contributed by atoms with Crippen molar-refractivity contribution in [2.24, 2.45) is 7.05 Å². The van der Waals surface area contributed by atoms with Gasteiger partial charge in [-0.15, -0.1) is 0 Å². The molecule has 3 saturated heterocycles. The van der Waals surface area contributed by atoms with Gasteiger partial charge in [0.05, 0.1) is 37.3 Å². The van der Waals surface area contributed by atoms with Crippen molar-refractivity contribution in [3.8, 4) is 16.9 Å². The van der Waals surface area contributed by atoms with Crippen molar-refractivity contribution in [1.82, 2.24) is 44.3 Å². The first-order chi connectivity index (χ1) is 32.1. The highest BCUT2D eigenvalue weighted by molar-refractivity contribution is 6.01. The molecule has 2 aromatic carbocycles. The van der Waals surface area contributed by atoms with E-state index in [9.17, 15) is 14.4 Å². The number of aromatic nitrogens is 5. The molecule has 3 amide bonds. The molecule has 6 aromatic rings. The number of hydrogen-bond acceptors (Lipinski definition) is 11. The molecule has 8 heterocycles. The molecule has 1 unspecified atom stereocenters. The standard InChI is InChI=1S/C51H59N11O4/c1-32(45-28-42-41(14-19-53-49(42)58(45)2)38-9-12-47(52)54-29-38)60-22-17-34(18-23-60)33-4-6-36(7-5-33)51(65)61-24-25-62-40(31-61)27-39(57-62)30-59-20-15-35(16-21-59)37-8-10-43(46(26-37)66-3)55-44-11-13-48(63)56-50(44)64/h4-10,12,14,19,26-29,32,34-35,44,55H,11,13,15-18,20-25,30-31H2,1-3H3,(H2,52,54)(H,56,63,64)/t32-,44?/m0/s1. The van der Waals surface area contributed by atoms with E-state index >= 15 is 0 Å². The summed E-state index contributed by atoms with van der Waals surface area (Å²) in [4.78, 5) is 53.8. The predicted octanol–water partition coefficient (Wildman–Crippen LogP) is 6.62. The molecule has 4 aliphatic rings. The van der Waals surface area contributed by atoms with Crippen molar-refractivity contribution in [3.63, 3.8) is 0 Å². The molecule has 0 bridgehead atoms. The first-order valence-corrected chi connectivity index (χ1v) is 23.4. The lowest BCUT2D eigenvalue weighted by molar-refractivity contribution is -0.133. The van der Waals surface area contributed by atoms with Crippen molar-refractivity contribution in [1.29, 1.82) is 0 Å². The van der Waals surface area contributed by atoms with E-state index in [1.54, 1.807) is 7.11 Å². The van der Waals surface area contributed by atoms with Crippen molar-refractivity contribution < 1.29 is 19.1 Å². The van der Waals surface area contributed by atoms with Crippen molar-refractivity contribution >= 4 is 40.3 Å². The number of ether oxygens (including phenoxy) is 1. The molecule has 0 radical (unpaired) electrons. The van der Waals surface area contributed by atoms with Crippen LogP contribution in [-0.4, -0.2) is 103 Å². The normalized spacial score (nSPS) is 19.4. The van der Waals surface area contributed by atoms with E-state index in [1.807, 2.05) is 47.6 Å². The van der Waals surface area contributed by atoms with Crippen LogP contribution in [0.25, 0.3) is 22.2 Å². The van der Waals surface area contributed by atoms with Gasteiger partial charge in [0.1, 0.15) is 23.3 Å². The van der Waals surface area contributed by atoms with Crippen LogP contribution >= 0.6 is 0 Å². The number of rotatable bonds is 11. The van der Waals surface area contributed by atoms with Gasteiger partial charge in [0.2, 0.25) is 11.8 Å². The summed E-state index contributed by atoms with van der Waals surface area (Å²) in [5, 5.41) is 11.8. The zero-order chi connectivity index (χ0) is 45.5. The van der Waals surface area contributed by atoms with Crippen LogP contribution in [0.2, 0.25) is 0 Å². The van der Waals surface area contributed by atoms with Gasteiger partial charge < -0.3 is 25.3 Å². The number of nitrogens with two attached hydrogens (primary N) is 1. The van der Waals surface area contributed by atoms with Gasteiger partial charge in [0, 0.05) is 67.2 Å². The van der Waals surface area contributed by atoms with E-state index in [-0.39, 0.29) is 23.8 Å². The van der Waals surface area contributed by atoms with Crippen LogP contribution in [0.4, 0.5) is 11.5 Å². The van der Waals surface area contributed by atoms with Gasteiger partial charge in [-0.3, -0.25) is 34.2 Å². The minimum atomic E-state index is -0.464. The minimum absolute atomic E-state index is 0.0675. The summed E-state index contributed by atoms with van der Waals surface area (Å²) in [5.74, 6) is 1.60. The fourth-order valence-electron chi connectivity index (χ4n) is 10.7. The number of nitrogens with one attached hydrogen (secondary N) is 2. The predicted molar refractivity (Wildman–Crippen MR) is 254 cm³/mol. The summed E-state index contributed by atoms with van der Waals surface area (Å²) in [5.41, 5.74) is 16.4. The maximum absolute atomic E-state index is 13.8. The van der Waals surface area contributed by atoms with Crippen molar-refractivity contribution in [3.05, 3.63) is 119 Å². The second-order valence-corrected chi connectivity index (χ2v) is 18.5. The highest BCUT2D eigenvalue weighted by Crippen LogP contribution is 2.38. The summed E-state index contributed by atoms with van der Waals surface area (Å²) >= 11 is 0. The van der Waals surface area contributed by atoms with E-state index in [1.165, 1.54) is 16.8 Å². The van der Waals surface area contributed by atoms with Crippen LogP contribution in [0, 0.1) is 0 Å². The molecule has 2 atom stereocenters. The molecular weight excluding hydrogens is 831 g/mol. The Hall–Kier alpha value is -6.58. The van der Waals surface area contributed by atoms with Crippen molar-refractivity contribution in [2.75, 3.05) is 50.9 Å². The number of piperidine rings is 3. The number of aryl methyl sites for hydroxylation is 1. The fraction of sp³-hybridized carbons (Fsp3) is 0.412. The van der Waals surface area contributed by atoms with Crippen LogP contribution < -0.4 is 21.1 Å². The van der Waals surface area contributed by atoms with Crippen LogP contribution in [0.15, 0.2) is 85.2 Å². The Morgan fingerprint density at radius 3 is 2.38 bits per heavy atom. The maximum atomic E-state index is 13.8. The van der Waals surface area contributed by atoms with Gasteiger partial charge in [0.25, 0.3) is 5.91 Å². The average Bonchev–Trinajstić information content (AvgIpc) is 3.92. The Kier molecular flexibility index (Phi) is 12.1. The highest BCUT2D eigenvalue weighted by atomic mass is 16.5. The Morgan fingerprint density at radius 2 is 1.64 bits per heavy atom. The number of nitrogen functional groups attached to an aromatic ring is 1. The second kappa shape index (κ2) is 18.4. The summed E-state index contributed by atoms with van der Waals surface area (Å²) in [6.07, 6.45) is 8.65. The van der Waals surface area contributed by atoms with Gasteiger partial charge in [-0.25, -0.2) is 9.97 Å². The number of nitrogens with zero attached hydrogens (tertiary/aromatic N) is 8. The molecule has 3 fully saturated rings. The Labute approximate surface area is 385 Å². The third kappa shape index (κ3) is 8.76. The number of anilines is 2. The number of benzene rings is 2. The average molecular weight is 890 g/mol. The van der Waals surface area contributed by atoms with E-state index in [0.29, 0.717) is 55.9 Å². The lowest BCUT2D eigenvalue weighted by Crippen LogP contribution is -2.47. The number of hydrogen-bond donors (Lipinski definition) is 3. The van der Waals surface area contributed by atoms with Crippen LogP contribution in [0.3, 0.4) is 0 Å². The van der Waals surface area contributed by atoms with E-state index in [2.05, 4.69) is 91.1 Å². The Balaban J connectivity index is 0.700. The zero-order valence-corrected chi connectivity index (χ0v) is 38.1. The SMILES string of the molecule is COc1cc(C2CCN(Cc3cc4n(n3)CCN(C(=O)c3ccc(C5CCN([C@@H](C)c6cc7c(-c8ccc(N)nc8)ccnc7n6C)CC5)cc3)C4)CC2)ccc1NC1CCC(=O)NC1=O. The van der Waals surface area contributed by atoms with Crippen molar-refractivity contribution in [2.45, 2.75) is 89.0 Å². The van der Waals surface area contributed by atoms with Gasteiger partial charge in [-0.05, 0) is 148 Å². The summed E-state index contributed by atoms with van der Waals surface area (Å²) in [7, 11) is 3.75. The number of imide groups is 1. The molecule has 15 heteroatoms. The first-order valence-electron chi connectivity index (χ1n) is 23.4. The number of fused-ring (bicyclic) bond motifs is 2. The third-order valence-corrected chi connectivity index (χ3v) is 14.6. The zero-order valence-electron chi connectivity index (χ0n) is 38.1. The number of methoxy groups -OCH3 is 1. The largest absolute Gasteiger partial charge is 0.495 e. The number of pyridine rings is 2. The van der Waals surface area contributed by atoms with E-state index in [4.69, 9.17) is 20.6 Å². The fourth-order valence-corrected chi connectivity index (χ4v) is 10.7. The van der Waals surface area contributed by atoms with E-state index in [0.717, 1.165) is 103 Å². The van der Waals surface area contributed by atoms with Crippen LogP contribution in [0.1, 0.15) is 102 Å². The lowest BCUT2D eigenvalue weighted by Gasteiger charge is -2.36. The molecule has 10 rings (SSSR count). The molecular formula is C51H59N11O4. The molecule has 4 aromatic heterocycles. The lowest BCUT2D eigenvalue weighted by atomic mass is 9.88. The van der Waals surface area contributed by atoms with Gasteiger partial charge in [0.15, 0.2) is 0 Å². The number of amides is 3. The topological polar surface area (TPSA) is 169 Å². The summed E-state index contributed by atoms with van der Waals surface area (Å²) < 4.78 is 10.0. The van der Waals surface area contributed by atoms with E-state index < -0.39 is 6.04 Å². The maximum Gasteiger partial charge on any atom is 0.254 e. The molecule has 4 N–H and O–H groups in total. The monoisotopic (exact) mass is 889 g/mol. The summed E-state index contributed by atoms with van der Waals surface area (Å²) in [6, 6.07) is 24.7. The van der Waals surface area contributed by atoms with Gasteiger partial charge in [-0.2, -0.15) is 5.10 Å². The molecule has 15 nitrogen and oxygen atoms in total.